The number of benzene rings is 2. The lowest BCUT2D eigenvalue weighted by Crippen LogP contribution is -2.11. The Labute approximate surface area is 125 Å². The number of carbonyl (C=O) groups is 1. The van der Waals surface area contributed by atoms with Crippen LogP contribution in [-0.4, -0.2) is 20.0 Å². The van der Waals surface area contributed by atoms with Crippen molar-refractivity contribution in [1.29, 1.82) is 0 Å². The largest absolute Gasteiger partial charge is 0.294 e. The molecular formula is C17H18O3S. The molecule has 0 bridgehead atoms. The minimum atomic E-state index is -3.41. The Morgan fingerprint density at radius 1 is 0.857 bits per heavy atom. The predicted molar refractivity (Wildman–Crippen MR) is 83.4 cm³/mol. The molecule has 0 saturated carbocycles. The van der Waals surface area contributed by atoms with Gasteiger partial charge in [-0.05, 0) is 26.0 Å². The van der Waals surface area contributed by atoms with E-state index in [2.05, 4.69) is 0 Å². The zero-order valence-electron chi connectivity index (χ0n) is 12.2. The van der Waals surface area contributed by atoms with Gasteiger partial charge in [0.2, 0.25) is 0 Å². The molecular weight excluding hydrogens is 284 g/mol. The van der Waals surface area contributed by atoms with Crippen LogP contribution in [0.2, 0.25) is 0 Å². The first-order valence-corrected chi connectivity index (χ1v) is 8.43. The first-order chi connectivity index (χ1) is 9.88. The van der Waals surface area contributed by atoms with E-state index in [4.69, 9.17) is 0 Å². The summed E-state index contributed by atoms with van der Waals surface area (Å²) in [5.41, 5.74) is 2.63. The summed E-state index contributed by atoms with van der Waals surface area (Å²) in [5, 5.41) is 0. The average Bonchev–Trinajstić information content (AvgIpc) is 2.46. The number of Topliss-reactive ketones (excluding diaryl/α,β-unsaturated/α-hetero) is 1. The molecule has 0 aliphatic heterocycles. The SMILES string of the molecule is Cc1ccc(C(=O)CCS(=O)(=O)c2ccc(C)cc2)cc1. The molecule has 0 aromatic heterocycles. The number of hydrogen-bond donors (Lipinski definition) is 0. The maximum absolute atomic E-state index is 12.2. The van der Waals surface area contributed by atoms with E-state index in [1.165, 1.54) is 0 Å². The molecule has 0 saturated heterocycles. The van der Waals surface area contributed by atoms with Crippen LogP contribution in [0, 0.1) is 13.8 Å². The third kappa shape index (κ3) is 4.02. The Hall–Kier alpha value is -1.94. The molecule has 0 atom stereocenters. The van der Waals surface area contributed by atoms with Gasteiger partial charge < -0.3 is 0 Å². The average molecular weight is 302 g/mol. The van der Waals surface area contributed by atoms with Gasteiger partial charge in [-0.2, -0.15) is 0 Å². The number of sulfone groups is 1. The van der Waals surface area contributed by atoms with Gasteiger partial charge in [0.05, 0.1) is 10.6 Å². The van der Waals surface area contributed by atoms with E-state index in [0.29, 0.717) is 5.56 Å². The lowest BCUT2D eigenvalue weighted by atomic mass is 10.1. The summed E-state index contributed by atoms with van der Waals surface area (Å²) in [7, 11) is -3.41. The molecule has 0 fully saturated rings. The van der Waals surface area contributed by atoms with Crippen LogP contribution in [0.3, 0.4) is 0 Å². The van der Waals surface area contributed by atoms with Crippen molar-refractivity contribution < 1.29 is 13.2 Å². The topological polar surface area (TPSA) is 51.2 Å². The highest BCUT2D eigenvalue weighted by Gasteiger charge is 2.17. The number of aryl methyl sites for hydroxylation is 2. The van der Waals surface area contributed by atoms with Crippen LogP contribution >= 0.6 is 0 Å². The van der Waals surface area contributed by atoms with Crippen molar-refractivity contribution in [3.63, 3.8) is 0 Å². The third-order valence-electron chi connectivity index (χ3n) is 3.35. The number of rotatable bonds is 5. The van der Waals surface area contributed by atoms with E-state index in [-0.39, 0.29) is 22.9 Å². The molecule has 2 aromatic rings. The summed E-state index contributed by atoms with van der Waals surface area (Å²) in [6.45, 7) is 3.84. The first-order valence-electron chi connectivity index (χ1n) is 6.78. The lowest BCUT2D eigenvalue weighted by Gasteiger charge is -2.05. The van der Waals surface area contributed by atoms with Gasteiger partial charge in [0.25, 0.3) is 0 Å². The normalized spacial score (nSPS) is 11.3. The Kier molecular flexibility index (Phi) is 4.58. The zero-order valence-corrected chi connectivity index (χ0v) is 13.0. The minimum absolute atomic E-state index is 0.000723. The molecule has 2 rings (SSSR count). The van der Waals surface area contributed by atoms with Crippen LogP contribution in [0.5, 0.6) is 0 Å². The molecule has 0 heterocycles. The number of carbonyl (C=O) groups excluding carboxylic acids is 1. The summed E-state index contributed by atoms with van der Waals surface area (Å²) < 4.78 is 24.4. The Morgan fingerprint density at radius 3 is 1.86 bits per heavy atom. The van der Waals surface area contributed by atoms with E-state index in [0.717, 1.165) is 11.1 Å². The molecule has 0 N–H and O–H groups in total. The molecule has 0 aliphatic rings. The van der Waals surface area contributed by atoms with Crippen LogP contribution in [-0.2, 0) is 9.84 Å². The molecule has 110 valence electrons. The second-order valence-corrected chi connectivity index (χ2v) is 7.28. The highest BCUT2D eigenvalue weighted by atomic mass is 32.2. The molecule has 0 aliphatic carbocycles. The van der Waals surface area contributed by atoms with Crippen molar-refractivity contribution in [2.45, 2.75) is 25.2 Å². The highest BCUT2D eigenvalue weighted by Crippen LogP contribution is 2.14. The minimum Gasteiger partial charge on any atom is -0.294 e. The summed E-state index contributed by atoms with van der Waals surface area (Å²) in [5.74, 6) is -0.311. The fourth-order valence-electron chi connectivity index (χ4n) is 1.97. The van der Waals surface area contributed by atoms with Gasteiger partial charge in [-0.15, -0.1) is 0 Å². The van der Waals surface area contributed by atoms with Crippen LogP contribution < -0.4 is 0 Å². The summed E-state index contributed by atoms with van der Waals surface area (Å²) in [4.78, 5) is 12.3. The van der Waals surface area contributed by atoms with Crippen LogP contribution in [0.25, 0.3) is 0 Å². The van der Waals surface area contributed by atoms with E-state index >= 15 is 0 Å². The molecule has 2 aromatic carbocycles. The van der Waals surface area contributed by atoms with Crippen LogP contribution in [0.1, 0.15) is 27.9 Å². The quantitative estimate of drug-likeness (QED) is 0.796. The van der Waals surface area contributed by atoms with E-state index < -0.39 is 9.84 Å². The standard InChI is InChI=1S/C17H18O3S/c1-13-3-7-15(8-4-13)17(18)11-12-21(19,20)16-9-5-14(2)6-10-16/h3-10H,11-12H2,1-2H3. The van der Waals surface area contributed by atoms with Gasteiger partial charge in [-0.25, -0.2) is 8.42 Å². The Balaban J connectivity index is 2.06. The van der Waals surface area contributed by atoms with Gasteiger partial charge in [-0.3, -0.25) is 4.79 Å². The van der Waals surface area contributed by atoms with Crippen LogP contribution in [0.4, 0.5) is 0 Å². The maximum atomic E-state index is 12.2. The van der Waals surface area contributed by atoms with Gasteiger partial charge in [-0.1, -0.05) is 47.5 Å². The number of ketones is 1. The molecule has 0 unspecified atom stereocenters. The predicted octanol–water partition coefficient (Wildman–Crippen LogP) is 3.35. The molecule has 4 heteroatoms. The fourth-order valence-corrected chi connectivity index (χ4v) is 3.21. The fraction of sp³-hybridized carbons (Fsp3) is 0.235. The van der Waals surface area contributed by atoms with Gasteiger partial charge in [0.15, 0.2) is 15.6 Å². The lowest BCUT2D eigenvalue weighted by molar-refractivity contribution is 0.0989. The maximum Gasteiger partial charge on any atom is 0.178 e. The second kappa shape index (κ2) is 6.22. The van der Waals surface area contributed by atoms with Crippen molar-refractivity contribution in [2.75, 3.05) is 5.75 Å². The van der Waals surface area contributed by atoms with Gasteiger partial charge in [0.1, 0.15) is 0 Å². The van der Waals surface area contributed by atoms with Crippen LogP contribution in [0.15, 0.2) is 53.4 Å². The smallest absolute Gasteiger partial charge is 0.178 e. The summed E-state index contributed by atoms with van der Waals surface area (Å²) in [6, 6.07) is 13.8. The Bertz CT molecular complexity index is 727. The molecule has 0 amide bonds. The van der Waals surface area contributed by atoms with E-state index in [1.54, 1.807) is 36.4 Å². The monoisotopic (exact) mass is 302 g/mol. The summed E-state index contributed by atoms with van der Waals surface area (Å²) >= 11 is 0. The van der Waals surface area contributed by atoms with Crippen molar-refractivity contribution in [2.24, 2.45) is 0 Å². The number of hydrogen-bond acceptors (Lipinski definition) is 3. The van der Waals surface area contributed by atoms with Gasteiger partial charge >= 0.3 is 0 Å². The molecule has 21 heavy (non-hydrogen) atoms. The van der Waals surface area contributed by atoms with Crippen molar-refractivity contribution >= 4 is 15.6 Å². The first kappa shape index (κ1) is 15.4. The highest BCUT2D eigenvalue weighted by molar-refractivity contribution is 7.91. The Morgan fingerprint density at radius 2 is 1.33 bits per heavy atom. The molecule has 3 nitrogen and oxygen atoms in total. The second-order valence-electron chi connectivity index (χ2n) is 5.17. The van der Waals surface area contributed by atoms with Crippen molar-refractivity contribution in [3.8, 4) is 0 Å². The van der Waals surface area contributed by atoms with Gasteiger partial charge in [0, 0.05) is 12.0 Å². The third-order valence-corrected chi connectivity index (χ3v) is 5.08. The zero-order chi connectivity index (χ0) is 15.5. The van der Waals surface area contributed by atoms with Crippen molar-refractivity contribution in [3.05, 3.63) is 65.2 Å². The van der Waals surface area contributed by atoms with E-state index in [9.17, 15) is 13.2 Å². The summed E-state index contributed by atoms with van der Waals surface area (Å²) in [6.07, 6.45) is -0.000723. The van der Waals surface area contributed by atoms with Crippen molar-refractivity contribution in [1.82, 2.24) is 0 Å². The van der Waals surface area contributed by atoms with E-state index in [1.807, 2.05) is 26.0 Å². The molecule has 0 radical (unpaired) electrons. The molecule has 0 spiro atoms.